The zero-order valence-electron chi connectivity index (χ0n) is 40.9. The van der Waals surface area contributed by atoms with Gasteiger partial charge < -0.3 is 14.2 Å². The van der Waals surface area contributed by atoms with Crippen LogP contribution in [0, 0.1) is 0 Å². The Morgan fingerprint density at radius 3 is 1.18 bits per heavy atom. The molecule has 0 aliphatic rings. The lowest BCUT2D eigenvalue weighted by atomic mass is 10.1. The van der Waals surface area contributed by atoms with E-state index in [1.807, 2.05) is 66.8 Å². The van der Waals surface area contributed by atoms with Gasteiger partial charge in [-0.2, -0.15) is 0 Å². The van der Waals surface area contributed by atoms with Crippen molar-refractivity contribution in [1.29, 1.82) is 0 Å². The largest absolute Gasteiger partial charge is 0.462 e. The molecule has 0 saturated heterocycles. The summed E-state index contributed by atoms with van der Waals surface area (Å²) in [6, 6.07) is 0. The Kier molecular flexibility index (Phi) is 47.7. The fourth-order valence-corrected chi connectivity index (χ4v) is 5.95. The van der Waals surface area contributed by atoms with Crippen molar-refractivity contribution < 1.29 is 28.6 Å². The lowest BCUT2D eigenvalue weighted by Gasteiger charge is -2.18. The lowest BCUT2D eigenvalue weighted by Crippen LogP contribution is -2.30. The number of rotatable bonds is 42. The zero-order valence-corrected chi connectivity index (χ0v) is 40.9. The molecule has 0 heterocycles. The van der Waals surface area contributed by atoms with Gasteiger partial charge in [-0.3, -0.25) is 14.4 Å². The van der Waals surface area contributed by atoms with Crippen molar-refractivity contribution >= 4 is 17.9 Å². The third kappa shape index (κ3) is 49.9. The average Bonchev–Trinajstić information content (AvgIpc) is 3.30. The molecule has 0 spiro atoms. The van der Waals surface area contributed by atoms with Gasteiger partial charge in [0.05, 0.1) is 0 Å². The summed E-state index contributed by atoms with van der Waals surface area (Å²) in [6.45, 7) is 6.18. The molecule has 0 aromatic carbocycles. The first-order chi connectivity index (χ1) is 32.0. The summed E-state index contributed by atoms with van der Waals surface area (Å²) in [6.07, 6.45) is 75.3. The van der Waals surface area contributed by atoms with Gasteiger partial charge in [-0.25, -0.2) is 0 Å². The molecule has 0 saturated carbocycles. The molecule has 0 aromatic heterocycles. The van der Waals surface area contributed by atoms with Gasteiger partial charge in [-0.1, -0.05) is 217 Å². The van der Waals surface area contributed by atoms with Gasteiger partial charge in [0, 0.05) is 19.3 Å². The van der Waals surface area contributed by atoms with Crippen LogP contribution < -0.4 is 0 Å². The van der Waals surface area contributed by atoms with E-state index in [1.165, 1.54) is 38.5 Å². The van der Waals surface area contributed by atoms with Gasteiger partial charge in [0.1, 0.15) is 13.2 Å². The molecule has 6 heteroatoms. The second-order valence-electron chi connectivity index (χ2n) is 15.7. The number of carbonyl (C=O) groups is 3. The van der Waals surface area contributed by atoms with E-state index in [0.717, 1.165) is 77.0 Å². The molecule has 0 aromatic rings. The van der Waals surface area contributed by atoms with Crippen LogP contribution in [0.25, 0.3) is 0 Å². The first kappa shape index (κ1) is 60.0. The number of esters is 3. The molecule has 6 nitrogen and oxygen atoms in total. The molecule has 0 fully saturated rings. The molecule has 0 amide bonds. The number of hydrogen-bond donors (Lipinski definition) is 0. The van der Waals surface area contributed by atoms with Gasteiger partial charge in [0.25, 0.3) is 0 Å². The van der Waals surface area contributed by atoms with E-state index in [4.69, 9.17) is 14.2 Å². The number of ether oxygens (including phenoxy) is 3. The predicted molar refractivity (Wildman–Crippen MR) is 278 cm³/mol. The highest BCUT2D eigenvalue weighted by Gasteiger charge is 2.19. The van der Waals surface area contributed by atoms with Crippen molar-refractivity contribution in [2.75, 3.05) is 13.2 Å². The van der Waals surface area contributed by atoms with Crippen LogP contribution in [-0.4, -0.2) is 37.2 Å². The van der Waals surface area contributed by atoms with Crippen molar-refractivity contribution in [2.24, 2.45) is 0 Å². The van der Waals surface area contributed by atoms with E-state index in [9.17, 15) is 14.4 Å². The van der Waals surface area contributed by atoms with E-state index in [2.05, 4.69) is 112 Å². The minimum Gasteiger partial charge on any atom is -0.462 e. The SMILES string of the molecule is CC\C=C/C=C\C=C/C=C\C=C/CCCCCC(=O)OC(COC(=O)CC/C=C\C/C=C\C/C=C\C/C=C\C/C=C\C/C=C\CC)COC(=O)CC/C=C\C/C=C\CCCCCCCC. The highest BCUT2D eigenvalue weighted by molar-refractivity contribution is 5.71. The smallest absolute Gasteiger partial charge is 0.306 e. The van der Waals surface area contributed by atoms with Crippen molar-refractivity contribution in [1.82, 2.24) is 0 Å². The molecule has 1 atom stereocenters. The van der Waals surface area contributed by atoms with Crippen LogP contribution in [0.5, 0.6) is 0 Å². The van der Waals surface area contributed by atoms with Crippen molar-refractivity contribution in [3.63, 3.8) is 0 Å². The molecule has 0 aliphatic carbocycles. The Morgan fingerprint density at radius 1 is 0.338 bits per heavy atom. The Bertz CT molecular complexity index is 1540. The van der Waals surface area contributed by atoms with E-state index >= 15 is 0 Å². The molecule has 0 N–H and O–H groups in total. The predicted octanol–water partition coefficient (Wildman–Crippen LogP) is 16.6. The number of unbranched alkanes of at least 4 members (excludes halogenated alkanes) is 9. The number of hydrogen-bond acceptors (Lipinski definition) is 6. The van der Waals surface area contributed by atoms with E-state index in [0.29, 0.717) is 19.3 Å². The van der Waals surface area contributed by atoms with Crippen LogP contribution in [0.2, 0.25) is 0 Å². The maximum atomic E-state index is 12.8. The second-order valence-corrected chi connectivity index (χ2v) is 15.7. The van der Waals surface area contributed by atoms with Crippen molar-refractivity contribution in [3.05, 3.63) is 158 Å². The molecule has 360 valence electrons. The summed E-state index contributed by atoms with van der Waals surface area (Å²) in [5.41, 5.74) is 0. The van der Waals surface area contributed by atoms with Crippen molar-refractivity contribution in [3.8, 4) is 0 Å². The van der Waals surface area contributed by atoms with Crippen LogP contribution in [0.3, 0.4) is 0 Å². The van der Waals surface area contributed by atoms with Crippen molar-refractivity contribution in [2.45, 2.75) is 181 Å². The Labute approximate surface area is 397 Å². The molecule has 0 radical (unpaired) electrons. The van der Waals surface area contributed by atoms with Gasteiger partial charge in [-0.15, -0.1) is 0 Å². The lowest BCUT2D eigenvalue weighted by molar-refractivity contribution is -0.166. The molecule has 0 aliphatic heterocycles. The third-order valence-electron chi connectivity index (χ3n) is 9.65. The Hall–Kier alpha value is -4.97. The third-order valence-corrected chi connectivity index (χ3v) is 9.65. The first-order valence-electron chi connectivity index (χ1n) is 25.1. The van der Waals surface area contributed by atoms with Crippen LogP contribution in [-0.2, 0) is 28.6 Å². The first-order valence-corrected chi connectivity index (χ1v) is 25.1. The average molecular weight is 893 g/mol. The Balaban J connectivity index is 4.68. The maximum Gasteiger partial charge on any atom is 0.306 e. The van der Waals surface area contributed by atoms with Gasteiger partial charge >= 0.3 is 17.9 Å². The summed E-state index contributed by atoms with van der Waals surface area (Å²) < 4.78 is 16.6. The summed E-state index contributed by atoms with van der Waals surface area (Å²) in [4.78, 5) is 37.9. The van der Waals surface area contributed by atoms with E-state index in [1.54, 1.807) is 0 Å². The molecule has 65 heavy (non-hydrogen) atoms. The normalized spacial score (nSPS) is 13.5. The minimum atomic E-state index is -0.860. The molecular weight excluding hydrogens is 805 g/mol. The quantitative estimate of drug-likeness (QED) is 0.0200. The van der Waals surface area contributed by atoms with Crippen LogP contribution in [0.15, 0.2) is 158 Å². The topological polar surface area (TPSA) is 78.9 Å². The highest BCUT2D eigenvalue weighted by Crippen LogP contribution is 2.10. The number of carbonyl (C=O) groups excluding carboxylic acids is 3. The van der Waals surface area contributed by atoms with Crippen LogP contribution in [0.4, 0.5) is 0 Å². The molecular formula is C59H88O6. The van der Waals surface area contributed by atoms with E-state index in [-0.39, 0.29) is 38.4 Å². The van der Waals surface area contributed by atoms with Gasteiger partial charge in [0.2, 0.25) is 0 Å². The summed E-state index contributed by atoms with van der Waals surface area (Å²) >= 11 is 0. The summed E-state index contributed by atoms with van der Waals surface area (Å²) in [5.74, 6) is -1.16. The van der Waals surface area contributed by atoms with E-state index < -0.39 is 18.0 Å². The molecule has 0 rings (SSSR count). The molecule has 1 unspecified atom stereocenters. The minimum absolute atomic E-state index is 0.157. The number of allylic oxidation sites excluding steroid dienone is 26. The maximum absolute atomic E-state index is 12.8. The molecule has 0 bridgehead atoms. The highest BCUT2D eigenvalue weighted by atomic mass is 16.6. The fourth-order valence-electron chi connectivity index (χ4n) is 5.95. The fraction of sp³-hybridized carbons (Fsp3) is 0.508. The Morgan fingerprint density at radius 2 is 0.708 bits per heavy atom. The van der Waals surface area contributed by atoms with Crippen LogP contribution >= 0.6 is 0 Å². The van der Waals surface area contributed by atoms with Gasteiger partial charge in [-0.05, 0) is 96.3 Å². The second kappa shape index (κ2) is 51.7. The standard InChI is InChI=1S/C59H88O6/c1-4-7-10-13-16-19-22-25-27-28-29-30-32-34-37-40-43-46-49-52-58(61)64-55-56(54-63-57(60)51-48-45-42-39-36-33-24-21-18-15-12-9-6-3)65-59(62)53-50-47-44-41-38-35-31-26-23-20-17-14-11-8-5-2/h7-8,10-11,14,16-17,19-20,23,25-27,29-31,33-38,42-43,45-46,56H,4-6,9,12-13,15,18,21-22,24,28,32,39-41,44,47-55H2,1-3H3/b10-7-,11-8-,17-14-,19-16-,23-20-,27-25-,30-29-,31-26-,36-33-,37-34-,38-35-,45-42-,46-43-. The summed E-state index contributed by atoms with van der Waals surface area (Å²) in [5, 5.41) is 0. The van der Waals surface area contributed by atoms with Crippen LogP contribution in [0.1, 0.15) is 175 Å². The van der Waals surface area contributed by atoms with Gasteiger partial charge in [0.15, 0.2) is 6.10 Å². The zero-order chi connectivity index (χ0) is 47.2. The monoisotopic (exact) mass is 893 g/mol. The summed E-state index contributed by atoms with van der Waals surface area (Å²) in [7, 11) is 0.